The summed E-state index contributed by atoms with van der Waals surface area (Å²) in [6.45, 7) is 2.13. The summed E-state index contributed by atoms with van der Waals surface area (Å²) in [5.41, 5.74) is 2.74. The van der Waals surface area contributed by atoms with Gasteiger partial charge in [-0.2, -0.15) is 0 Å². The molecule has 0 N–H and O–H groups in total. The Morgan fingerprint density at radius 2 is 1.02 bits per heavy atom. The molecule has 2 atom stereocenters. The lowest BCUT2D eigenvalue weighted by molar-refractivity contribution is 0.0249. The van der Waals surface area contributed by atoms with Gasteiger partial charge in [0, 0.05) is 29.0 Å². The number of aliphatic imine (C=N–C) groups is 1. The van der Waals surface area contributed by atoms with Crippen LogP contribution in [0.15, 0.2) is 157 Å². The zero-order valence-electron chi connectivity index (χ0n) is 23.2. The Balaban J connectivity index is 1.52. The van der Waals surface area contributed by atoms with Crippen molar-refractivity contribution < 1.29 is 9.26 Å². The molecule has 5 aromatic carbocycles. The molecule has 0 aromatic heterocycles. The van der Waals surface area contributed by atoms with Gasteiger partial charge in [0.1, 0.15) is 17.7 Å². The van der Waals surface area contributed by atoms with Gasteiger partial charge in [0.05, 0.1) is 8.15 Å². The van der Waals surface area contributed by atoms with Gasteiger partial charge in [0.25, 0.3) is 0 Å². The van der Waals surface area contributed by atoms with Gasteiger partial charge in [-0.3, -0.25) is 0 Å². The van der Waals surface area contributed by atoms with E-state index >= 15 is 0 Å². The van der Waals surface area contributed by atoms with Crippen LogP contribution in [0.3, 0.4) is 0 Å². The summed E-state index contributed by atoms with van der Waals surface area (Å²) in [4.78, 5) is 5.32. The van der Waals surface area contributed by atoms with Crippen LogP contribution in [0.5, 0.6) is 0 Å². The van der Waals surface area contributed by atoms with E-state index in [1.165, 1.54) is 21.7 Å². The maximum atomic E-state index is 7.63. The van der Waals surface area contributed by atoms with E-state index in [1.807, 2.05) is 18.2 Å². The van der Waals surface area contributed by atoms with Crippen LogP contribution < -0.4 is 10.6 Å². The molecule has 0 aliphatic carbocycles. The molecular weight excluding hydrogens is 521 g/mol. The van der Waals surface area contributed by atoms with Gasteiger partial charge < -0.3 is 9.26 Å². The zero-order valence-corrected chi connectivity index (χ0v) is 24.1. The number of nitrogens with zero attached hydrogens (tertiary/aromatic N) is 1. The highest BCUT2D eigenvalue weighted by atomic mass is 31.1. The molecular formula is C37H34NO2P. The van der Waals surface area contributed by atoms with E-state index in [1.54, 1.807) is 0 Å². The second-order valence-corrected chi connectivity index (χ2v) is 12.3. The molecule has 4 heteroatoms. The molecule has 1 aliphatic rings. The first kappa shape index (κ1) is 27.1. The van der Waals surface area contributed by atoms with Crippen LogP contribution in [0.1, 0.15) is 23.6 Å². The van der Waals surface area contributed by atoms with Gasteiger partial charge in [-0.15, -0.1) is 0 Å². The Hall–Kier alpha value is -4.04. The minimum atomic E-state index is -1.16. The molecule has 0 spiro atoms. The second-order valence-electron chi connectivity index (χ2n) is 10.5. The van der Waals surface area contributed by atoms with E-state index < -0.39 is 13.7 Å². The largest absolute Gasteiger partial charge is 0.472 e. The third kappa shape index (κ3) is 6.33. The molecule has 204 valence electrons. The maximum absolute atomic E-state index is 7.63. The Bertz CT molecular complexity index is 1460. The molecule has 0 bridgehead atoms. The summed E-state index contributed by atoms with van der Waals surface area (Å²) in [7, 11) is -1.16. The SMILES string of the molecule is C[C@@H]1OC(c2ccccc2)=N[C@@H]1C(Cc1ccccc1)(Cc1ccccc1)OP(c1ccccc1)c1ccccc1. The lowest BCUT2D eigenvalue weighted by atomic mass is 9.80. The average Bonchev–Trinajstić information content (AvgIpc) is 3.44. The third-order valence-electron chi connectivity index (χ3n) is 7.51. The molecule has 1 heterocycles. The van der Waals surface area contributed by atoms with Crippen molar-refractivity contribution in [3.8, 4) is 0 Å². The lowest BCUT2D eigenvalue weighted by Crippen LogP contribution is -2.51. The average molecular weight is 556 g/mol. The van der Waals surface area contributed by atoms with Crippen LogP contribution in [-0.4, -0.2) is 23.6 Å². The standard InChI is InChI=1S/C37H34NO2P/c1-29-35(38-36(39-29)32-21-11-4-12-22-32)37(27-30-17-7-2-8-18-30,28-31-19-9-3-10-20-31)40-41(33-23-13-5-14-24-33)34-25-15-6-16-26-34/h2-26,29,35H,27-28H2,1H3/t29-,35-/m0/s1. The molecule has 5 aromatic rings. The monoisotopic (exact) mass is 555 g/mol. The molecule has 0 saturated carbocycles. The Labute approximate surface area is 244 Å². The first-order valence-electron chi connectivity index (χ1n) is 14.2. The number of hydrogen-bond donors (Lipinski definition) is 0. The van der Waals surface area contributed by atoms with Crippen LogP contribution in [0, 0.1) is 0 Å². The van der Waals surface area contributed by atoms with Crippen molar-refractivity contribution in [1.29, 1.82) is 0 Å². The summed E-state index contributed by atoms with van der Waals surface area (Å²) in [5.74, 6) is 0.681. The minimum absolute atomic E-state index is 0.166. The van der Waals surface area contributed by atoms with Gasteiger partial charge in [-0.05, 0) is 30.2 Å². The van der Waals surface area contributed by atoms with E-state index in [-0.39, 0.29) is 12.1 Å². The van der Waals surface area contributed by atoms with E-state index in [4.69, 9.17) is 14.3 Å². The van der Waals surface area contributed by atoms with Gasteiger partial charge in [0.15, 0.2) is 0 Å². The molecule has 41 heavy (non-hydrogen) atoms. The Morgan fingerprint density at radius 3 is 1.49 bits per heavy atom. The highest BCUT2D eigenvalue weighted by molar-refractivity contribution is 7.68. The van der Waals surface area contributed by atoms with E-state index in [0.717, 1.165) is 5.56 Å². The number of rotatable bonds is 10. The second kappa shape index (κ2) is 12.6. The van der Waals surface area contributed by atoms with Crippen LogP contribution in [0.4, 0.5) is 0 Å². The zero-order chi connectivity index (χ0) is 27.9. The molecule has 0 fully saturated rings. The van der Waals surface area contributed by atoms with Crippen LogP contribution in [-0.2, 0) is 22.1 Å². The van der Waals surface area contributed by atoms with E-state index in [0.29, 0.717) is 18.7 Å². The Morgan fingerprint density at radius 1 is 0.610 bits per heavy atom. The van der Waals surface area contributed by atoms with E-state index in [9.17, 15) is 0 Å². The van der Waals surface area contributed by atoms with Crippen molar-refractivity contribution in [2.45, 2.75) is 37.5 Å². The number of ether oxygens (including phenoxy) is 1. The van der Waals surface area contributed by atoms with Gasteiger partial charge in [-0.1, -0.05) is 140 Å². The first-order valence-corrected chi connectivity index (χ1v) is 15.4. The molecule has 3 nitrogen and oxygen atoms in total. The lowest BCUT2D eigenvalue weighted by Gasteiger charge is -2.41. The highest BCUT2D eigenvalue weighted by Gasteiger charge is 2.49. The van der Waals surface area contributed by atoms with Crippen molar-refractivity contribution in [3.05, 3.63) is 168 Å². The van der Waals surface area contributed by atoms with Crippen LogP contribution in [0.25, 0.3) is 0 Å². The quantitative estimate of drug-likeness (QED) is 0.167. The molecule has 0 saturated heterocycles. The molecule has 6 rings (SSSR count). The van der Waals surface area contributed by atoms with Crippen molar-refractivity contribution in [1.82, 2.24) is 0 Å². The predicted octanol–water partition coefficient (Wildman–Crippen LogP) is 7.51. The molecule has 0 unspecified atom stereocenters. The molecule has 1 aliphatic heterocycles. The van der Waals surface area contributed by atoms with Crippen molar-refractivity contribution in [3.63, 3.8) is 0 Å². The van der Waals surface area contributed by atoms with Gasteiger partial charge in [-0.25, -0.2) is 4.99 Å². The molecule has 0 amide bonds. The fourth-order valence-electron chi connectivity index (χ4n) is 5.61. The maximum Gasteiger partial charge on any atom is 0.216 e. The summed E-state index contributed by atoms with van der Waals surface area (Å²) in [5, 5.41) is 2.36. The third-order valence-corrected chi connectivity index (χ3v) is 9.59. The summed E-state index contributed by atoms with van der Waals surface area (Å²) >= 11 is 0. The topological polar surface area (TPSA) is 30.8 Å². The van der Waals surface area contributed by atoms with Crippen LogP contribution in [0.2, 0.25) is 0 Å². The predicted molar refractivity (Wildman–Crippen MR) is 170 cm³/mol. The summed E-state index contributed by atoms with van der Waals surface area (Å²) < 4.78 is 14.1. The number of hydrogen-bond acceptors (Lipinski definition) is 3. The van der Waals surface area contributed by atoms with Crippen molar-refractivity contribution in [2.75, 3.05) is 0 Å². The van der Waals surface area contributed by atoms with E-state index in [2.05, 4.69) is 140 Å². The van der Waals surface area contributed by atoms with Crippen LogP contribution >= 0.6 is 8.15 Å². The van der Waals surface area contributed by atoms with Gasteiger partial charge >= 0.3 is 0 Å². The van der Waals surface area contributed by atoms with Crippen molar-refractivity contribution in [2.24, 2.45) is 4.99 Å². The summed E-state index contributed by atoms with van der Waals surface area (Å²) in [6.07, 6.45) is 1.23. The number of benzene rings is 5. The highest BCUT2D eigenvalue weighted by Crippen LogP contribution is 2.46. The Kier molecular flexibility index (Phi) is 8.37. The fourth-order valence-corrected chi connectivity index (χ4v) is 7.60. The summed E-state index contributed by atoms with van der Waals surface area (Å²) in [6, 6.07) is 52.5. The van der Waals surface area contributed by atoms with Gasteiger partial charge in [0.2, 0.25) is 5.90 Å². The fraction of sp³-hybridized carbons (Fsp3) is 0.162. The molecule has 0 radical (unpaired) electrons. The smallest absolute Gasteiger partial charge is 0.216 e. The normalized spacial score (nSPS) is 16.8. The first-order chi connectivity index (χ1) is 20.2. The van der Waals surface area contributed by atoms with Crippen molar-refractivity contribution >= 4 is 24.7 Å². The minimum Gasteiger partial charge on any atom is -0.472 e.